The van der Waals surface area contributed by atoms with E-state index in [1.165, 1.54) is 11.1 Å². The molecule has 1 N–H and O–H groups in total. The summed E-state index contributed by atoms with van der Waals surface area (Å²) in [5.41, 5.74) is 2.11. The van der Waals surface area contributed by atoms with Gasteiger partial charge >= 0.3 is 5.97 Å². The highest BCUT2D eigenvalue weighted by Crippen LogP contribution is 2.54. The van der Waals surface area contributed by atoms with Crippen LogP contribution in [0.25, 0.3) is 0 Å². The minimum atomic E-state index is -0.642. The fourth-order valence-electron chi connectivity index (χ4n) is 4.17. The van der Waals surface area contributed by atoms with Crippen molar-refractivity contribution in [2.24, 2.45) is 11.3 Å². The quantitative estimate of drug-likeness (QED) is 0.916. The van der Waals surface area contributed by atoms with Gasteiger partial charge in [-0.05, 0) is 55.1 Å². The van der Waals surface area contributed by atoms with E-state index in [4.69, 9.17) is 4.74 Å². The van der Waals surface area contributed by atoms with Crippen LogP contribution >= 0.6 is 0 Å². The van der Waals surface area contributed by atoms with Gasteiger partial charge in [0.05, 0.1) is 11.5 Å². The zero-order valence-corrected chi connectivity index (χ0v) is 11.5. The molecular weight excluding hydrogens is 252 g/mol. The van der Waals surface area contributed by atoms with Gasteiger partial charge in [0.15, 0.2) is 0 Å². The lowest BCUT2D eigenvalue weighted by atomic mass is 9.65. The van der Waals surface area contributed by atoms with Crippen LogP contribution in [-0.2, 0) is 16.0 Å². The Labute approximate surface area is 118 Å². The topological polar surface area (TPSA) is 46.5 Å². The van der Waals surface area contributed by atoms with Gasteiger partial charge in [0.25, 0.3) is 0 Å². The number of ether oxygens (including phenoxy) is 1. The molecule has 1 aromatic rings. The van der Waals surface area contributed by atoms with E-state index in [1.54, 1.807) is 0 Å². The number of hydrogen-bond acceptors (Lipinski definition) is 2. The van der Waals surface area contributed by atoms with Crippen molar-refractivity contribution in [1.82, 2.24) is 0 Å². The lowest BCUT2D eigenvalue weighted by Crippen LogP contribution is -2.43. The smallest absolute Gasteiger partial charge is 0.312 e. The Hall–Kier alpha value is -1.35. The zero-order chi connectivity index (χ0) is 13.7. The third-order valence-electron chi connectivity index (χ3n) is 5.44. The molecule has 1 heterocycles. The molecule has 3 heteroatoms. The Bertz CT molecular complexity index is 549. The molecule has 3 atom stereocenters. The van der Waals surface area contributed by atoms with Gasteiger partial charge < -0.3 is 9.84 Å². The molecule has 0 bridgehead atoms. The van der Waals surface area contributed by atoms with Gasteiger partial charge in [0, 0.05) is 6.61 Å². The minimum absolute atomic E-state index is 0.0484. The van der Waals surface area contributed by atoms with Crippen LogP contribution in [-0.4, -0.2) is 23.8 Å². The molecule has 20 heavy (non-hydrogen) atoms. The molecule has 3 nitrogen and oxygen atoms in total. The second-order valence-corrected chi connectivity index (χ2v) is 6.64. The molecule has 106 valence electrons. The molecule has 0 amide bonds. The van der Waals surface area contributed by atoms with E-state index < -0.39 is 11.4 Å². The summed E-state index contributed by atoms with van der Waals surface area (Å²) in [7, 11) is 0. The van der Waals surface area contributed by atoms with Crippen LogP contribution in [0, 0.1) is 11.3 Å². The van der Waals surface area contributed by atoms with E-state index in [0.717, 1.165) is 25.7 Å². The van der Waals surface area contributed by atoms with Crippen molar-refractivity contribution in [2.45, 2.75) is 44.1 Å². The largest absolute Gasteiger partial charge is 0.481 e. The molecule has 1 saturated carbocycles. The minimum Gasteiger partial charge on any atom is -0.481 e. The van der Waals surface area contributed by atoms with Gasteiger partial charge in [-0.3, -0.25) is 4.79 Å². The number of fused-ring (bicyclic) bond motifs is 1. The van der Waals surface area contributed by atoms with Gasteiger partial charge in [-0.2, -0.15) is 0 Å². The lowest BCUT2D eigenvalue weighted by molar-refractivity contribution is -0.154. The average Bonchev–Trinajstić information content (AvgIpc) is 3.16. The number of carbonyl (C=O) groups is 1. The summed E-state index contributed by atoms with van der Waals surface area (Å²) in [5, 5.41) is 9.85. The lowest BCUT2D eigenvalue weighted by Gasteiger charge is -2.38. The Morgan fingerprint density at radius 2 is 2.15 bits per heavy atom. The van der Waals surface area contributed by atoms with E-state index >= 15 is 0 Å². The van der Waals surface area contributed by atoms with E-state index in [0.29, 0.717) is 24.9 Å². The fourth-order valence-corrected chi connectivity index (χ4v) is 4.17. The first-order chi connectivity index (χ1) is 9.71. The summed E-state index contributed by atoms with van der Waals surface area (Å²) >= 11 is 0. The van der Waals surface area contributed by atoms with Crippen molar-refractivity contribution < 1.29 is 14.6 Å². The van der Waals surface area contributed by atoms with E-state index in [-0.39, 0.29) is 6.10 Å². The van der Waals surface area contributed by atoms with Crippen LogP contribution in [0.3, 0.4) is 0 Å². The summed E-state index contributed by atoms with van der Waals surface area (Å²) in [6.07, 6.45) is 4.69. The number of carboxylic acid groups (broad SMARTS) is 1. The summed E-state index contributed by atoms with van der Waals surface area (Å²) < 4.78 is 5.83. The maximum Gasteiger partial charge on any atom is 0.312 e. The Kier molecular flexibility index (Phi) is 2.68. The fraction of sp³-hybridized carbons (Fsp3) is 0.588. The molecule has 1 aliphatic heterocycles. The van der Waals surface area contributed by atoms with Gasteiger partial charge in [-0.15, -0.1) is 0 Å². The highest BCUT2D eigenvalue weighted by molar-refractivity contribution is 5.76. The molecule has 3 unspecified atom stereocenters. The molecule has 3 aliphatic rings. The molecule has 1 aromatic carbocycles. The number of hydrogen-bond donors (Lipinski definition) is 1. The molecule has 2 fully saturated rings. The highest BCUT2D eigenvalue weighted by atomic mass is 16.5. The summed E-state index contributed by atoms with van der Waals surface area (Å²) in [6.45, 7) is 0.613. The van der Waals surface area contributed by atoms with Gasteiger partial charge in [-0.1, -0.05) is 24.3 Å². The van der Waals surface area contributed by atoms with Crippen LogP contribution in [0.4, 0.5) is 0 Å². The Morgan fingerprint density at radius 1 is 1.35 bits per heavy atom. The van der Waals surface area contributed by atoms with Crippen molar-refractivity contribution in [1.29, 1.82) is 0 Å². The van der Waals surface area contributed by atoms with Crippen LogP contribution in [0.15, 0.2) is 24.3 Å². The summed E-state index contributed by atoms with van der Waals surface area (Å²) in [5.74, 6) is 0.255. The van der Waals surface area contributed by atoms with Crippen molar-refractivity contribution in [3.8, 4) is 0 Å². The molecular formula is C17H20O3. The van der Waals surface area contributed by atoms with Crippen LogP contribution in [0.2, 0.25) is 0 Å². The maximum absolute atomic E-state index is 12.0. The monoisotopic (exact) mass is 272 g/mol. The normalized spacial score (nSPS) is 35.4. The number of rotatable bonds is 4. The van der Waals surface area contributed by atoms with Gasteiger partial charge in [0.2, 0.25) is 0 Å². The number of benzene rings is 1. The first-order valence-electron chi connectivity index (χ1n) is 7.63. The number of carboxylic acids is 1. The molecule has 0 spiro atoms. The molecule has 0 aromatic heterocycles. The van der Waals surface area contributed by atoms with Crippen LogP contribution in [0.1, 0.15) is 42.7 Å². The molecule has 0 radical (unpaired) electrons. The molecule has 1 saturated heterocycles. The Morgan fingerprint density at radius 3 is 2.85 bits per heavy atom. The second kappa shape index (κ2) is 4.32. The first-order valence-corrected chi connectivity index (χ1v) is 7.63. The first kappa shape index (κ1) is 12.4. The highest BCUT2D eigenvalue weighted by Gasteiger charge is 2.57. The third kappa shape index (κ3) is 1.72. The predicted molar refractivity (Wildman–Crippen MR) is 74.7 cm³/mol. The van der Waals surface area contributed by atoms with Crippen molar-refractivity contribution in [3.05, 3.63) is 35.4 Å². The predicted octanol–water partition coefficient (Wildman–Crippen LogP) is 2.99. The average molecular weight is 272 g/mol. The second-order valence-electron chi connectivity index (χ2n) is 6.64. The van der Waals surface area contributed by atoms with Crippen molar-refractivity contribution in [3.63, 3.8) is 0 Å². The standard InChI is InChI=1S/C17H20O3/c18-16(19)17(7-8-20-15(17)11-5-6-11)10-13-9-12-3-1-2-4-14(12)13/h1-4,11,13,15H,5-10H2,(H,18,19). The maximum atomic E-state index is 12.0. The van der Waals surface area contributed by atoms with Crippen molar-refractivity contribution >= 4 is 5.97 Å². The third-order valence-corrected chi connectivity index (χ3v) is 5.44. The van der Waals surface area contributed by atoms with Gasteiger partial charge in [0.1, 0.15) is 0 Å². The van der Waals surface area contributed by atoms with E-state index in [1.807, 2.05) is 0 Å². The van der Waals surface area contributed by atoms with E-state index in [2.05, 4.69) is 24.3 Å². The van der Waals surface area contributed by atoms with Crippen molar-refractivity contribution in [2.75, 3.05) is 6.61 Å². The van der Waals surface area contributed by atoms with Crippen LogP contribution < -0.4 is 0 Å². The molecule has 2 aliphatic carbocycles. The zero-order valence-electron chi connectivity index (χ0n) is 11.5. The summed E-state index contributed by atoms with van der Waals surface area (Å²) in [6, 6.07) is 8.43. The van der Waals surface area contributed by atoms with Gasteiger partial charge in [-0.25, -0.2) is 0 Å². The van der Waals surface area contributed by atoms with Crippen LogP contribution in [0.5, 0.6) is 0 Å². The van der Waals surface area contributed by atoms with E-state index in [9.17, 15) is 9.90 Å². The Balaban J connectivity index is 1.60. The molecule has 4 rings (SSSR count). The number of aliphatic carboxylic acids is 1. The summed E-state index contributed by atoms with van der Waals surface area (Å²) in [4.78, 5) is 12.0. The SMILES string of the molecule is O=C(O)C1(CC2Cc3ccccc32)CCOC1C1CC1.